The van der Waals surface area contributed by atoms with Crippen molar-refractivity contribution in [1.29, 1.82) is 0 Å². The zero-order valence-electron chi connectivity index (χ0n) is 16.0. The number of ether oxygens (including phenoxy) is 1. The lowest BCUT2D eigenvalue weighted by molar-refractivity contribution is 0.0949. The molecule has 0 aliphatic rings. The minimum atomic E-state index is -0.222. The number of methoxy groups -OCH3 is 1. The molecule has 0 radical (unpaired) electrons. The van der Waals surface area contributed by atoms with Gasteiger partial charge < -0.3 is 15.4 Å². The van der Waals surface area contributed by atoms with Gasteiger partial charge in [-0.25, -0.2) is 9.97 Å². The summed E-state index contributed by atoms with van der Waals surface area (Å²) in [5.41, 5.74) is 2.35. The molecule has 2 heterocycles. The number of aryl methyl sites for hydroxylation is 1. The van der Waals surface area contributed by atoms with Gasteiger partial charge in [-0.3, -0.25) is 9.78 Å². The molecule has 7 heteroatoms. The largest absolute Gasteiger partial charge is 0.497 e. The number of pyridine rings is 1. The quantitative estimate of drug-likeness (QED) is 0.627. The number of benzene rings is 1. The summed E-state index contributed by atoms with van der Waals surface area (Å²) in [6.07, 6.45) is 2.47. The average molecular weight is 377 g/mol. The molecular formula is C21H23N5O2. The highest BCUT2D eigenvalue weighted by Gasteiger charge is 2.10. The fourth-order valence-corrected chi connectivity index (χ4v) is 2.66. The molecule has 0 spiro atoms. The molecule has 0 atom stereocenters. The Labute approximate surface area is 164 Å². The third kappa shape index (κ3) is 5.51. The van der Waals surface area contributed by atoms with Crippen molar-refractivity contribution in [1.82, 2.24) is 20.3 Å². The zero-order chi connectivity index (χ0) is 19.8. The molecular weight excluding hydrogens is 354 g/mol. The Hall–Kier alpha value is -3.48. The SMILES string of the molecule is COc1ccc(CCNC(=O)c2cc(NCc3ccccn3)nc(C)n2)cc1. The normalized spacial score (nSPS) is 10.4. The highest BCUT2D eigenvalue weighted by molar-refractivity contribution is 5.92. The number of rotatable bonds is 8. The van der Waals surface area contributed by atoms with Gasteiger partial charge in [-0.05, 0) is 43.2 Å². The van der Waals surface area contributed by atoms with E-state index in [1.54, 1.807) is 26.3 Å². The standard InChI is InChI=1S/C21H23N5O2/c1-15-25-19(13-20(26-15)24-14-17-5-3-4-11-22-17)21(27)23-12-10-16-6-8-18(28-2)9-7-16/h3-9,11,13H,10,12,14H2,1-2H3,(H,23,27)(H,24,25,26). The van der Waals surface area contributed by atoms with Gasteiger partial charge >= 0.3 is 0 Å². The number of hydrogen-bond acceptors (Lipinski definition) is 6. The van der Waals surface area contributed by atoms with Crippen molar-refractivity contribution in [2.75, 3.05) is 19.0 Å². The molecule has 0 unspecified atom stereocenters. The summed E-state index contributed by atoms with van der Waals surface area (Å²) in [5, 5.41) is 6.09. The first-order valence-corrected chi connectivity index (χ1v) is 9.04. The number of anilines is 1. The van der Waals surface area contributed by atoms with E-state index < -0.39 is 0 Å². The third-order valence-corrected chi connectivity index (χ3v) is 4.11. The van der Waals surface area contributed by atoms with Crippen molar-refractivity contribution in [3.8, 4) is 5.75 Å². The maximum atomic E-state index is 12.5. The van der Waals surface area contributed by atoms with Crippen LogP contribution < -0.4 is 15.4 Å². The Morgan fingerprint density at radius 3 is 2.64 bits per heavy atom. The van der Waals surface area contributed by atoms with Crippen molar-refractivity contribution >= 4 is 11.7 Å². The zero-order valence-corrected chi connectivity index (χ0v) is 16.0. The Morgan fingerprint density at radius 2 is 1.93 bits per heavy atom. The van der Waals surface area contributed by atoms with Crippen molar-refractivity contribution in [2.24, 2.45) is 0 Å². The predicted octanol–water partition coefficient (Wildman–Crippen LogP) is 2.77. The van der Waals surface area contributed by atoms with E-state index in [0.29, 0.717) is 30.4 Å². The first-order chi connectivity index (χ1) is 13.6. The lowest BCUT2D eigenvalue weighted by Crippen LogP contribution is -2.27. The Balaban J connectivity index is 1.55. The van der Waals surface area contributed by atoms with Gasteiger partial charge in [0.1, 0.15) is 23.1 Å². The molecule has 2 N–H and O–H groups in total. The number of amides is 1. The summed E-state index contributed by atoms with van der Waals surface area (Å²) in [6.45, 7) is 2.81. The molecule has 0 aliphatic carbocycles. The molecule has 3 aromatic rings. The molecule has 144 valence electrons. The van der Waals surface area contributed by atoms with Gasteiger partial charge in [0.05, 0.1) is 19.3 Å². The van der Waals surface area contributed by atoms with Gasteiger partial charge in [0, 0.05) is 18.8 Å². The van der Waals surface area contributed by atoms with Crippen LogP contribution in [0.5, 0.6) is 5.75 Å². The number of carbonyl (C=O) groups is 1. The molecule has 7 nitrogen and oxygen atoms in total. The van der Waals surface area contributed by atoms with Crippen LogP contribution in [0.1, 0.15) is 27.6 Å². The number of hydrogen-bond donors (Lipinski definition) is 2. The van der Waals surface area contributed by atoms with Crippen molar-refractivity contribution < 1.29 is 9.53 Å². The van der Waals surface area contributed by atoms with Crippen LogP contribution >= 0.6 is 0 Å². The van der Waals surface area contributed by atoms with Crippen molar-refractivity contribution in [2.45, 2.75) is 19.9 Å². The smallest absolute Gasteiger partial charge is 0.270 e. The second kappa shape index (κ2) is 9.45. The summed E-state index contributed by atoms with van der Waals surface area (Å²) in [4.78, 5) is 25.3. The van der Waals surface area contributed by atoms with Gasteiger partial charge in [0.15, 0.2) is 0 Å². The summed E-state index contributed by atoms with van der Waals surface area (Å²) in [5.74, 6) is 1.72. The second-order valence-corrected chi connectivity index (χ2v) is 6.21. The minimum Gasteiger partial charge on any atom is -0.497 e. The van der Waals surface area contributed by atoms with E-state index in [4.69, 9.17) is 4.74 Å². The van der Waals surface area contributed by atoms with Crippen LogP contribution in [0.25, 0.3) is 0 Å². The van der Waals surface area contributed by atoms with E-state index in [9.17, 15) is 4.79 Å². The molecule has 3 rings (SSSR count). The van der Waals surface area contributed by atoms with Gasteiger partial charge in [-0.15, -0.1) is 0 Å². The molecule has 2 aromatic heterocycles. The summed E-state index contributed by atoms with van der Waals surface area (Å²) in [6, 6.07) is 15.2. The highest BCUT2D eigenvalue weighted by Crippen LogP contribution is 2.12. The van der Waals surface area contributed by atoms with Crippen molar-refractivity contribution in [3.05, 3.63) is 77.5 Å². The fourth-order valence-electron chi connectivity index (χ4n) is 2.66. The third-order valence-electron chi connectivity index (χ3n) is 4.11. The molecule has 0 saturated carbocycles. The number of aromatic nitrogens is 3. The van der Waals surface area contributed by atoms with Crippen LogP contribution in [0.2, 0.25) is 0 Å². The number of carbonyl (C=O) groups excluding carboxylic acids is 1. The van der Waals surface area contributed by atoms with Crippen LogP contribution in [0, 0.1) is 6.92 Å². The lowest BCUT2D eigenvalue weighted by Gasteiger charge is -2.09. The molecule has 0 saturated heterocycles. The molecule has 0 aliphatic heterocycles. The van der Waals surface area contributed by atoms with Crippen LogP contribution in [0.15, 0.2) is 54.7 Å². The van der Waals surface area contributed by atoms with Crippen LogP contribution in [0.3, 0.4) is 0 Å². The molecule has 1 aromatic carbocycles. The molecule has 0 bridgehead atoms. The lowest BCUT2D eigenvalue weighted by atomic mass is 10.1. The summed E-state index contributed by atoms with van der Waals surface area (Å²) < 4.78 is 5.15. The maximum absolute atomic E-state index is 12.5. The van der Waals surface area contributed by atoms with E-state index in [2.05, 4.69) is 25.6 Å². The molecule has 0 fully saturated rings. The van der Waals surface area contributed by atoms with Crippen LogP contribution in [-0.4, -0.2) is 34.5 Å². The van der Waals surface area contributed by atoms with E-state index in [0.717, 1.165) is 23.4 Å². The van der Waals surface area contributed by atoms with Crippen LogP contribution in [-0.2, 0) is 13.0 Å². The Morgan fingerprint density at radius 1 is 1.11 bits per heavy atom. The first kappa shape index (κ1) is 19.3. The Bertz CT molecular complexity index is 914. The van der Waals surface area contributed by atoms with E-state index in [-0.39, 0.29) is 5.91 Å². The number of nitrogens with one attached hydrogen (secondary N) is 2. The predicted molar refractivity (Wildman–Crippen MR) is 107 cm³/mol. The summed E-state index contributed by atoms with van der Waals surface area (Å²) >= 11 is 0. The van der Waals surface area contributed by atoms with E-state index in [1.807, 2.05) is 42.5 Å². The van der Waals surface area contributed by atoms with Gasteiger partial charge in [0.2, 0.25) is 0 Å². The van der Waals surface area contributed by atoms with Gasteiger partial charge in [-0.2, -0.15) is 0 Å². The van der Waals surface area contributed by atoms with Gasteiger partial charge in [0.25, 0.3) is 5.91 Å². The Kier molecular flexibility index (Phi) is 6.51. The van der Waals surface area contributed by atoms with Crippen LogP contribution in [0.4, 0.5) is 5.82 Å². The van der Waals surface area contributed by atoms with Crippen molar-refractivity contribution in [3.63, 3.8) is 0 Å². The summed E-state index contributed by atoms with van der Waals surface area (Å²) in [7, 11) is 1.64. The molecule has 28 heavy (non-hydrogen) atoms. The maximum Gasteiger partial charge on any atom is 0.270 e. The number of nitrogens with zero attached hydrogens (tertiary/aromatic N) is 3. The first-order valence-electron chi connectivity index (χ1n) is 9.04. The second-order valence-electron chi connectivity index (χ2n) is 6.21. The van der Waals surface area contributed by atoms with E-state index >= 15 is 0 Å². The monoisotopic (exact) mass is 377 g/mol. The fraction of sp³-hybridized carbons (Fsp3) is 0.238. The average Bonchev–Trinajstić information content (AvgIpc) is 2.73. The molecule has 1 amide bonds. The highest BCUT2D eigenvalue weighted by atomic mass is 16.5. The minimum absolute atomic E-state index is 0.222. The van der Waals surface area contributed by atoms with E-state index in [1.165, 1.54) is 0 Å². The van der Waals surface area contributed by atoms with Gasteiger partial charge in [-0.1, -0.05) is 18.2 Å². The topological polar surface area (TPSA) is 89.0 Å².